The van der Waals surface area contributed by atoms with Crippen molar-refractivity contribution in [3.63, 3.8) is 0 Å². The maximum Gasteiger partial charge on any atom is 0.337 e. The van der Waals surface area contributed by atoms with Crippen molar-refractivity contribution in [1.29, 1.82) is 0 Å². The molecule has 1 N–H and O–H groups in total. The molecule has 1 aliphatic rings. The van der Waals surface area contributed by atoms with E-state index in [0.29, 0.717) is 17.8 Å². The number of rotatable bonds is 2. The summed E-state index contributed by atoms with van der Waals surface area (Å²) >= 11 is 0. The molecule has 14 heavy (non-hydrogen) atoms. The van der Waals surface area contributed by atoms with Gasteiger partial charge in [-0.15, -0.1) is 0 Å². The SMILES string of the molecule is COC(=O)C1=CCC(OC)=C(O)C=C1. The van der Waals surface area contributed by atoms with Crippen molar-refractivity contribution in [1.82, 2.24) is 0 Å². The standard InChI is InChI=1S/C10H12O4/c1-13-9-6-4-7(10(12)14-2)3-5-8(9)11/h3-5,11H,6H2,1-2H3. The molecule has 0 unspecified atom stereocenters. The zero-order valence-corrected chi connectivity index (χ0v) is 8.11. The molecule has 0 aliphatic heterocycles. The number of ether oxygens (including phenoxy) is 2. The second-order valence-corrected chi connectivity index (χ2v) is 2.70. The monoisotopic (exact) mass is 196 g/mol. The summed E-state index contributed by atoms with van der Waals surface area (Å²) < 4.78 is 9.48. The van der Waals surface area contributed by atoms with Gasteiger partial charge in [-0.3, -0.25) is 0 Å². The minimum atomic E-state index is -0.425. The van der Waals surface area contributed by atoms with Crippen LogP contribution in [-0.2, 0) is 14.3 Å². The van der Waals surface area contributed by atoms with Crippen LogP contribution in [0.2, 0.25) is 0 Å². The van der Waals surface area contributed by atoms with Gasteiger partial charge in [0.05, 0.1) is 19.8 Å². The molecular weight excluding hydrogens is 184 g/mol. The van der Waals surface area contributed by atoms with Gasteiger partial charge < -0.3 is 14.6 Å². The van der Waals surface area contributed by atoms with Crippen molar-refractivity contribution in [3.8, 4) is 0 Å². The fraction of sp³-hybridized carbons (Fsp3) is 0.300. The van der Waals surface area contributed by atoms with Crippen molar-refractivity contribution >= 4 is 5.97 Å². The average Bonchev–Trinajstić information content (AvgIpc) is 2.39. The normalized spacial score (nSPS) is 16.0. The topological polar surface area (TPSA) is 55.8 Å². The Hall–Kier alpha value is -1.71. The minimum Gasteiger partial charge on any atom is -0.504 e. The Balaban J connectivity index is 2.87. The molecule has 0 saturated heterocycles. The van der Waals surface area contributed by atoms with Gasteiger partial charge >= 0.3 is 5.97 Å². The minimum absolute atomic E-state index is 0.0302. The van der Waals surface area contributed by atoms with Crippen LogP contribution in [0.4, 0.5) is 0 Å². The van der Waals surface area contributed by atoms with Crippen LogP contribution in [0.3, 0.4) is 0 Å². The van der Waals surface area contributed by atoms with Crippen molar-refractivity contribution in [2.45, 2.75) is 6.42 Å². The van der Waals surface area contributed by atoms with Crippen molar-refractivity contribution in [3.05, 3.63) is 35.3 Å². The van der Waals surface area contributed by atoms with Crippen LogP contribution >= 0.6 is 0 Å². The predicted octanol–water partition coefficient (Wildman–Crippen LogP) is 1.46. The molecule has 0 aromatic heterocycles. The lowest BCUT2D eigenvalue weighted by Crippen LogP contribution is -2.02. The number of esters is 1. The van der Waals surface area contributed by atoms with E-state index in [1.54, 1.807) is 6.08 Å². The van der Waals surface area contributed by atoms with Crippen LogP contribution < -0.4 is 0 Å². The van der Waals surface area contributed by atoms with Gasteiger partial charge in [-0.1, -0.05) is 6.08 Å². The quantitative estimate of drug-likeness (QED) is 0.679. The average molecular weight is 196 g/mol. The van der Waals surface area contributed by atoms with E-state index in [-0.39, 0.29) is 5.76 Å². The first-order valence-corrected chi connectivity index (χ1v) is 4.11. The molecule has 0 fully saturated rings. The summed E-state index contributed by atoms with van der Waals surface area (Å²) in [5.41, 5.74) is 0.408. The van der Waals surface area contributed by atoms with E-state index in [0.717, 1.165) is 0 Å². The van der Waals surface area contributed by atoms with Gasteiger partial charge in [0.25, 0.3) is 0 Å². The Morgan fingerprint density at radius 3 is 2.71 bits per heavy atom. The van der Waals surface area contributed by atoms with E-state index in [9.17, 15) is 9.90 Å². The van der Waals surface area contributed by atoms with Crippen LogP contribution in [0.1, 0.15) is 6.42 Å². The van der Waals surface area contributed by atoms with Gasteiger partial charge in [0.15, 0.2) is 5.76 Å². The van der Waals surface area contributed by atoms with Crippen LogP contribution in [0.15, 0.2) is 35.3 Å². The molecule has 0 saturated carbocycles. The van der Waals surface area contributed by atoms with E-state index >= 15 is 0 Å². The van der Waals surface area contributed by atoms with Gasteiger partial charge in [-0.25, -0.2) is 4.79 Å². The highest BCUT2D eigenvalue weighted by Gasteiger charge is 2.11. The maximum absolute atomic E-state index is 11.1. The summed E-state index contributed by atoms with van der Waals surface area (Å²) in [4.78, 5) is 11.1. The first-order chi connectivity index (χ1) is 6.69. The highest BCUT2D eigenvalue weighted by molar-refractivity contribution is 5.91. The van der Waals surface area contributed by atoms with Crippen LogP contribution in [0.5, 0.6) is 0 Å². The van der Waals surface area contributed by atoms with Crippen LogP contribution in [0.25, 0.3) is 0 Å². The molecule has 76 valence electrons. The van der Waals surface area contributed by atoms with E-state index in [1.165, 1.54) is 26.4 Å². The zero-order chi connectivity index (χ0) is 10.6. The third kappa shape index (κ3) is 2.16. The summed E-state index contributed by atoms with van der Waals surface area (Å²) in [6.07, 6.45) is 4.92. The molecule has 0 heterocycles. The van der Waals surface area contributed by atoms with Gasteiger partial charge in [-0.2, -0.15) is 0 Å². The molecule has 1 rings (SSSR count). The molecule has 0 bridgehead atoms. The molecule has 0 aromatic carbocycles. The Morgan fingerprint density at radius 1 is 1.43 bits per heavy atom. The van der Waals surface area contributed by atoms with Gasteiger partial charge in [0.1, 0.15) is 5.76 Å². The fourth-order valence-electron chi connectivity index (χ4n) is 1.09. The summed E-state index contributed by atoms with van der Waals surface area (Å²) in [7, 11) is 2.78. The largest absolute Gasteiger partial charge is 0.504 e. The molecule has 0 aromatic rings. The Morgan fingerprint density at radius 2 is 2.14 bits per heavy atom. The number of methoxy groups -OCH3 is 2. The first-order valence-electron chi connectivity index (χ1n) is 4.11. The maximum atomic E-state index is 11.1. The zero-order valence-electron chi connectivity index (χ0n) is 8.11. The molecule has 0 radical (unpaired) electrons. The van der Waals surface area contributed by atoms with Gasteiger partial charge in [-0.05, 0) is 12.2 Å². The summed E-state index contributed by atoms with van der Waals surface area (Å²) in [5.74, 6) is 0.0363. The number of carbonyl (C=O) groups is 1. The van der Waals surface area contributed by atoms with Crippen LogP contribution in [0, 0.1) is 0 Å². The smallest absolute Gasteiger partial charge is 0.337 e. The molecule has 0 amide bonds. The fourth-order valence-corrected chi connectivity index (χ4v) is 1.09. The molecule has 4 nitrogen and oxygen atoms in total. The number of hydrogen-bond donors (Lipinski definition) is 1. The molecule has 0 atom stereocenters. The third-order valence-corrected chi connectivity index (χ3v) is 1.88. The van der Waals surface area contributed by atoms with Crippen molar-refractivity contribution in [2.24, 2.45) is 0 Å². The third-order valence-electron chi connectivity index (χ3n) is 1.88. The Kier molecular flexibility index (Phi) is 3.34. The van der Waals surface area contributed by atoms with E-state index < -0.39 is 5.97 Å². The summed E-state index contributed by atoms with van der Waals surface area (Å²) in [6.45, 7) is 0. The predicted molar refractivity (Wildman–Crippen MR) is 50.5 cm³/mol. The number of aliphatic hydroxyl groups excluding tert-OH is 1. The highest BCUT2D eigenvalue weighted by Crippen LogP contribution is 2.17. The number of allylic oxidation sites excluding steroid dienone is 2. The lowest BCUT2D eigenvalue weighted by Gasteiger charge is -2.02. The second-order valence-electron chi connectivity index (χ2n) is 2.70. The van der Waals surface area contributed by atoms with Gasteiger partial charge in [0, 0.05) is 6.42 Å². The molecule has 0 spiro atoms. The summed E-state index contributed by atoms with van der Waals surface area (Å²) in [5, 5.41) is 9.40. The number of aliphatic hydroxyl groups is 1. The number of carbonyl (C=O) groups excluding carboxylic acids is 1. The molecular formula is C10H12O4. The lowest BCUT2D eigenvalue weighted by atomic mass is 10.2. The Labute approximate surface area is 82.1 Å². The molecule has 1 aliphatic carbocycles. The second kappa shape index (κ2) is 4.50. The van der Waals surface area contributed by atoms with E-state index in [4.69, 9.17) is 4.74 Å². The van der Waals surface area contributed by atoms with Crippen LogP contribution in [-0.4, -0.2) is 25.3 Å². The number of hydrogen-bond acceptors (Lipinski definition) is 4. The lowest BCUT2D eigenvalue weighted by molar-refractivity contribution is -0.135. The first kappa shape index (κ1) is 10.4. The van der Waals surface area contributed by atoms with Crippen molar-refractivity contribution < 1.29 is 19.4 Å². The van der Waals surface area contributed by atoms with E-state index in [2.05, 4.69) is 4.74 Å². The van der Waals surface area contributed by atoms with Crippen molar-refractivity contribution in [2.75, 3.05) is 14.2 Å². The van der Waals surface area contributed by atoms with Gasteiger partial charge in [0.2, 0.25) is 0 Å². The molecule has 4 heteroatoms. The Bertz CT molecular complexity index is 323. The van der Waals surface area contributed by atoms with E-state index in [1.807, 2.05) is 0 Å². The summed E-state index contributed by atoms with van der Waals surface area (Å²) in [6, 6.07) is 0. The highest BCUT2D eigenvalue weighted by atomic mass is 16.5.